The number of carbonyl (C=O) groups excluding carboxylic acids is 2. The first-order chi connectivity index (χ1) is 17.9. The summed E-state index contributed by atoms with van der Waals surface area (Å²) < 4.78 is 21.6. The second kappa shape index (κ2) is 9.57. The molecule has 1 fully saturated rings. The number of nitrogens with one attached hydrogen (secondary N) is 3. The molecule has 3 aromatic rings. The van der Waals surface area contributed by atoms with Crippen LogP contribution in [0.3, 0.4) is 0 Å². The summed E-state index contributed by atoms with van der Waals surface area (Å²) in [7, 11) is 2.85. The maximum atomic E-state index is 13.0. The van der Waals surface area contributed by atoms with Gasteiger partial charge in [0.1, 0.15) is 6.61 Å². The van der Waals surface area contributed by atoms with Crippen molar-refractivity contribution < 1.29 is 33.5 Å². The molecular formula is C25H22N4O8. The molecule has 5 rings (SSSR count). The molecule has 12 heteroatoms. The van der Waals surface area contributed by atoms with Crippen LogP contribution in [0.25, 0.3) is 11.1 Å². The van der Waals surface area contributed by atoms with Crippen LogP contribution in [0.15, 0.2) is 48.5 Å². The maximum Gasteiger partial charge on any atom is 0.407 e. The lowest BCUT2D eigenvalue weighted by molar-refractivity contribution is -0.385. The number of cyclic esters (lactones) is 1. The number of alkyl carbamates (subject to hydrolysis) is 1. The predicted molar refractivity (Wildman–Crippen MR) is 133 cm³/mol. The molecule has 190 valence electrons. The Morgan fingerprint density at radius 2 is 1.62 bits per heavy atom. The minimum absolute atomic E-state index is 0.114. The Balaban J connectivity index is 1.47. The molecule has 0 spiro atoms. The van der Waals surface area contributed by atoms with Gasteiger partial charge >= 0.3 is 11.8 Å². The molecule has 12 nitrogen and oxygen atoms in total. The SMILES string of the molecule is COc1cc2c(cc1OCC1CNC(=O)O1)Nc1cc(-c3ccc([N+](=O)[O-])c(OC)c3)ccc1C(=O)N2. The Morgan fingerprint density at radius 3 is 2.32 bits per heavy atom. The highest BCUT2D eigenvalue weighted by Gasteiger charge is 2.26. The molecule has 2 aliphatic heterocycles. The summed E-state index contributed by atoms with van der Waals surface area (Å²) in [5, 5.41) is 20.0. The number of benzene rings is 3. The molecule has 0 radical (unpaired) electrons. The van der Waals surface area contributed by atoms with E-state index < -0.39 is 17.1 Å². The smallest absolute Gasteiger partial charge is 0.407 e. The highest BCUT2D eigenvalue weighted by atomic mass is 16.6. The second-order valence-electron chi connectivity index (χ2n) is 8.25. The van der Waals surface area contributed by atoms with E-state index in [0.717, 1.165) is 5.56 Å². The lowest BCUT2D eigenvalue weighted by Gasteiger charge is -2.17. The fraction of sp³-hybridized carbons (Fsp3) is 0.200. The molecule has 1 saturated heterocycles. The first kappa shape index (κ1) is 23.7. The predicted octanol–water partition coefficient (Wildman–Crippen LogP) is 4.08. The highest BCUT2D eigenvalue weighted by Crippen LogP contribution is 2.42. The monoisotopic (exact) mass is 506 g/mol. The number of hydrogen-bond acceptors (Lipinski definition) is 9. The average molecular weight is 506 g/mol. The van der Waals surface area contributed by atoms with Crippen molar-refractivity contribution in [2.45, 2.75) is 6.10 Å². The van der Waals surface area contributed by atoms with E-state index in [1.165, 1.54) is 20.3 Å². The van der Waals surface area contributed by atoms with Gasteiger partial charge in [-0.3, -0.25) is 14.9 Å². The second-order valence-corrected chi connectivity index (χ2v) is 8.25. The Bertz CT molecular complexity index is 1420. The number of anilines is 3. The van der Waals surface area contributed by atoms with Gasteiger partial charge in [-0.1, -0.05) is 6.07 Å². The largest absolute Gasteiger partial charge is 0.493 e. The fourth-order valence-corrected chi connectivity index (χ4v) is 4.11. The Labute approximate surface area is 210 Å². The van der Waals surface area contributed by atoms with Gasteiger partial charge in [0.25, 0.3) is 5.91 Å². The van der Waals surface area contributed by atoms with E-state index in [-0.39, 0.29) is 24.0 Å². The van der Waals surface area contributed by atoms with Crippen LogP contribution >= 0.6 is 0 Å². The van der Waals surface area contributed by atoms with Crippen molar-refractivity contribution in [2.24, 2.45) is 0 Å². The zero-order chi connectivity index (χ0) is 26.1. The Kier molecular flexibility index (Phi) is 6.14. The first-order valence-electron chi connectivity index (χ1n) is 11.2. The van der Waals surface area contributed by atoms with Crippen LogP contribution in [0.1, 0.15) is 10.4 Å². The quantitative estimate of drug-likeness (QED) is 0.318. The number of nitro groups is 1. The molecule has 2 aliphatic rings. The number of hydrogen-bond donors (Lipinski definition) is 3. The molecule has 37 heavy (non-hydrogen) atoms. The summed E-state index contributed by atoms with van der Waals surface area (Å²) >= 11 is 0. The molecule has 2 amide bonds. The molecular weight excluding hydrogens is 484 g/mol. The number of methoxy groups -OCH3 is 2. The molecule has 2 heterocycles. The topological polar surface area (TPSA) is 150 Å². The summed E-state index contributed by atoms with van der Waals surface area (Å²) in [6.07, 6.45) is -0.935. The van der Waals surface area contributed by atoms with E-state index in [0.29, 0.717) is 46.2 Å². The summed E-state index contributed by atoms with van der Waals surface area (Å²) in [6.45, 7) is 0.451. The van der Waals surface area contributed by atoms with Crippen molar-refractivity contribution in [2.75, 3.05) is 38.0 Å². The maximum absolute atomic E-state index is 13.0. The number of rotatable bonds is 7. The van der Waals surface area contributed by atoms with Gasteiger partial charge in [0, 0.05) is 18.2 Å². The van der Waals surface area contributed by atoms with Crippen LogP contribution in [0, 0.1) is 10.1 Å². The van der Waals surface area contributed by atoms with Gasteiger partial charge in [0.05, 0.1) is 48.3 Å². The van der Waals surface area contributed by atoms with Gasteiger partial charge in [-0.15, -0.1) is 0 Å². The molecule has 0 saturated carbocycles. The summed E-state index contributed by atoms with van der Waals surface area (Å²) in [5.74, 6) is 0.590. The minimum Gasteiger partial charge on any atom is -0.493 e. The molecule has 3 aromatic carbocycles. The number of amides is 2. The van der Waals surface area contributed by atoms with Crippen molar-refractivity contribution >= 4 is 34.7 Å². The number of nitrogens with zero attached hydrogens (tertiary/aromatic N) is 1. The Morgan fingerprint density at radius 1 is 0.919 bits per heavy atom. The number of ether oxygens (including phenoxy) is 4. The number of carbonyl (C=O) groups is 2. The van der Waals surface area contributed by atoms with Crippen molar-refractivity contribution in [1.82, 2.24) is 5.32 Å². The molecule has 0 bridgehead atoms. The summed E-state index contributed by atoms with van der Waals surface area (Å²) in [4.78, 5) is 35.0. The standard InChI is InChI=1S/C25H22N4O8/c1-34-21-8-14(4-6-20(21)29(32)33)13-3-5-16-17(7-13)27-18-10-23(36-12-15-11-26-25(31)37-15)22(35-2)9-19(18)28-24(16)30/h3-10,15,27H,11-12H2,1-2H3,(H,26,31)(H,28,30). The molecule has 1 unspecified atom stereocenters. The summed E-state index contributed by atoms with van der Waals surface area (Å²) in [5.41, 5.74) is 3.22. The summed E-state index contributed by atoms with van der Waals surface area (Å²) in [6, 6.07) is 13.1. The zero-order valence-corrected chi connectivity index (χ0v) is 19.8. The van der Waals surface area contributed by atoms with Crippen LogP contribution < -0.4 is 30.2 Å². The van der Waals surface area contributed by atoms with Crippen LogP contribution in [-0.2, 0) is 4.74 Å². The van der Waals surface area contributed by atoms with Gasteiger partial charge < -0.3 is 34.9 Å². The van der Waals surface area contributed by atoms with Crippen LogP contribution in [0.2, 0.25) is 0 Å². The van der Waals surface area contributed by atoms with E-state index in [1.54, 1.807) is 42.5 Å². The van der Waals surface area contributed by atoms with Crippen LogP contribution in [0.4, 0.5) is 27.5 Å². The molecule has 3 N–H and O–H groups in total. The van der Waals surface area contributed by atoms with Crippen molar-refractivity contribution in [3.8, 4) is 28.4 Å². The van der Waals surface area contributed by atoms with E-state index >= 15 is 0 Å². The molecule has 0 aromatic heterocycles. The fourth-order valence-electron chi connectivity index (χ4n) is 4.11. The number of fused-ring (bicyclic) bond motifs is 2. The first-order valence-corrected chi connectivity index (χ1v) is 11.2. The van der Waals surface area contributed by atoms with E-state index in [2.05, 4.69) is 16.0 Å². The molecule has 0 aliphatic carbocycles. The van der Waals surface area contributed by atoms with E-state index in [9.17, 15) is 19.7 Å². The van der Waals surface area contributed by atoms with Crippen molar-refractivity contribution in [1.29, 1.82) is 0 Å². The zero-order valence-electron chi connectivity index (χ0n) is 19.8. The average Bonchev–Trinajstić information content (AvgIpc) is 3.26. The third-order valence-corrected chi connectivity index (χ3v) is 5.97. The van der Waals surface area contributed by atoms with E-state index in [4.69, 9.17) is 18.9 Å². The third-order valence-electron chi connectivity index (χ3n) is 5.97. The van der Waals surface area contributed by atoms with Gasteiger partial charge in [-0.2, -0.15) is 0 Å². The lowest BCUT2D eigenvalue weighted by Crippen LogP contribution is -2.22. The minimum atomic E-state index is -0.510. The van der Waals surface area contributed by atoms with E-state index in [1.807, 2.05) is 0 Å². The molecule has 1 atom stereocenters. The van der Waals surface area contributed by atoms with Crippen molar-refractivity contribution in [3.05, 3.63) is 64.2 Å². The van der Waals surface area contributed by atoms with Gasteiger partial charge in [0.15, 0.2) is 23.4 Å². The number of nitro benzene ring substituents is 1. The van der Waals surface area contributed by atoms with Crippen LogP contribution in [-0.4, -0.2) is 50.4 Å². The van der Waals surface area contributed by atoms with Gasteiger partial charge in [-0.25, -0.2) is 4.79 Å². The van der Waals surface area contributed by atoms with Crippen molar-refractivity contribution in [3.63, 3.8) is 0 Å². The highest BCUT2D eigenvalue weighted by molar-refractivity contribution is 6.12. The normalized spacial score (nSPS) is 15.7. The van der Waals surface area contributed by atoms with Crippen LogP contribution in [0.5, 0.6) is 17.2 Å². The Hall–Kier alpha value is -5.00. The van der Waals surface area contributed by atoms with Gasteiger partial charge in [0.2, 0.25) is 0 Å². The lowest BCUT2D eigenvalue weighted by atomic mass is 10.0. The third kappa shape index (κ3) is 4.63. The van der Waals surface area contributed by atoms with Gasteiger partial charge in [-0.05, 0) is 35.4 Å².